The quantitative estimate of drug-likeness (QED) is 0.726. The lowest BCUT2D eigenvalue weighted by atomic mass is 10.1. The molecule has 1 amide bonds. The minimum Gasteiger partial charge on any atom is -0.338 e. The van der Waals surface area contributed by atoms with Crippen LogP contribution in [0.25, 0.3) is 11.0 Å². The molecule has 1 saturated heterocycles. The van der Waals surface area contributed by atoms with Gasteiger partial charge in [0.05, 0.1) is 17.2 Å². The van der Waals surface area contributed by atoms with Crippen molar-refractivity contribution in [2.75, 3.05) is 13.1 Å². The molecule has 1 aliphatic rings. The number of imidazole rings is 1. The fourth-order valence-corrected chi connectivity index (χ4v) is 3.69. The lowest BCUT2D eigenvalue weighted by Crippen LogP contribution is -2.28. The fraction of sp³-hybridized carbons (Fsp3) is 0.400. The summed E-state index contributed by atoms with van der Waals surface area (Å²) in [6.07, 6.45) is 7.94. The summed E-state index contributed by atoms with van der Waals surface area (Å²) in [6.45, 7) is 6.79. The van der Waals surface area contributed by atoms with Gasteiger partial charge in [-0.05, 0) is 30.5 Å². The largest absolute Gasteiger partial charge is 0.338 e. The molecule has 3 aromatic rings. The van der Waals surface area contributed by atoms with E-state index in [1.165, 1.54) is 0 Å². The van der Waals surface area contributed by atoms with Crippen LogP contribution >= 0.6 is 0 Å². The highest BCUT2D eigenvalue weighted by Crippen LogP contribution is 2.30. The van der Waals surface area contributed by atoms with Gasteiger partial charge in [0.2, 0.25) is 0 Å². The second-order valence-electron chi connectivity index (χ2n) is 7.31. The van der Waals surface area contributed by atoms with Crippen LogP contribution < -0.4 is 0 Å². The Labute approximate surface area is 152 Å². The summed E-state index contributed by atoms with van der Waals surface area (Å²) in [7, 11) is 0. The molecule has 1 fully saturated rings. The smallest absolute Gasteiger partial charge is 0.253 e. The van der Waals surface area contributed by atoms with Crippen LogP contribution in [0.5, 0.6) is 0 Å². The van der Waals surface area contributed by atoms with Crippen molar-refractivity contribution in [3.05, 3.63) is 54.4 Å². The Kier molecular flexibility index (Phi) is 4.41. The molecule has 26 heavy (non-hydrogen) atoms. The predicted octanol–water partition coefficient (Wildman–Crippen LogP) is 3.11. The zero-order valence-corrected chi connectivity index (χ0v) is 15.2. The molecule has 0 spiro atoms. The maximum Gasteiger partial charge on any atom is 0.253 e. The Morgan fingerprint density at radius 1 is 1.19 bits per heavy atom. The number of hydrogen-bond donors (Lipinski definition) is 0. The average Bonchev–Trinajstić information content (AvgIpc) is 3.27. The van der Waals surface area contributed by atoms with Gasteiger partial charge < -0.3 is 9.47 Å². The highest BCUT2D eigenvalue weighted by atomic mass is 16.2. The second-order valence-corrected chi connectivity index (χ2v) is 7.31. The SMILES string of the molecule is CC(C)Cn1c([C@@H]2CCN(C(=O)c3ccncc3)C2)nc2ccncc21. The molecule has 1 atom stereocenters. The summed E-state index contributed by atoms with van der Waals surface area (Å²) in [6, 6.07) is 5.51. The van der Waals surface area contributed by atoms with Crippen molar-refractivity contribution in [1.29, 1.82) is 0 Å². The number of rotatable bonds is 4. The van der Waals surface area contributed by atoms with E-state index in [0.717, 1.165) is 36.4 Å². The van der Waals surface area contributed by atoms with Crippen molar-refractivity contribution in [2.45, 2.75) is 32.7 Å². The first-order valence-electron chi connectivity index (χ1n) is 9.13. The summed E-state index contributed by atoms with van der Waals surface area (Å²) < 4.78 is 2.29. The molecule has 0 aromatic carbocycles. The molecule has 4 rings (SSSR count). The molecule has 0 saturated carbocycles. The van der Waals surface area contributed by atoms with Gasteiger partial charge in [0.25, 0.3) is 5.91 Å². The Balaban J connectivity index is 1.61. The standard InChI is InChI=1S/C20H23N5O/c1-14(2)12-25-18-11-22-9-5-17(18)23-19(25)16-6-10-24(13-16)20(26)15-3-7-21-8-4-15/h3-5,7-9,11,14,16H,6,10,12-13H2,1-2H3/t16-/m1/s1. The van der Waals surface area contributed by atoms with Gasteiger partial charge in [-0.15, -0.1) is 0 Å². The van der Waals surface area contributed by atoms with Crippen molar-refractivity contribution in [3.8, 4) is 0 Å². The molecule has 6 heteroatoms. The van der Waals surface area contributed by atoms with Crippen LogP contribution in [-0.4, -0.2) is 43.4 Å². The van der Waals surface area contributed by atoms with E-state index in [0.29, 0.717) is 18.0 Å². The van der Waals surface area contributed by atoms with Crippen LogP contribution in [0.1, 0.15) is 42.4 Å². The number of amides is 1. The number of fused-ring (bicyclic) bond motifs is 1. The van der Waals surface area contributed by atoms with Gasteiger partial charge >= 0.3 is 0 Å². The zero-order valence-electron chi connectivity index (χ0n) is 15.2. The van der Waals surface area contributed by atoms with Gasteiger partial charge in [-0.2, -0.15) is 0 Å². The first-order valence-corrected chi connectivity index (χ1v) is 9.13. The fourth-order valence-electron chi connectivity index (χ4n) is 3.69. The van der Waals surface area contributed by atoms with Gasteiger partial charge in [0, 0.05) is 49.7 Å². The van der Waals surface area contributed by atoms with E-state index >= 15 is 0 Å². The lowest BCUT2D eigenvalue weighted by Gasteiger charge is -2.18. The molecule has 4 heterocycles. The van der Waals surface area contributed by atoms with Crippen molar-refractivity contribution in [3.63, 3.8) is 0 Å². The third-order valence-corrected chi connectivity index (χ3v) is 4.90. The van der Waals surface area contributed by atoms with Crippen molar-refractivity contribution < 1.29 is 4.79 Å². The van der Waals surface area contributed by atoms with Crippen molar-refractivity contribution in [1.82, 2.24) is 24.4 Å². The van der Waals surface area contributed by atoms with Gasteiger partial charge in [-0.1, -0.05) is 13.8 Å². The number of carbonyl (C=O) groups excluding carboxylic acids is 1. The minimum absolute atomic E-state index is 0.0723. The van der Waals surface area contributed by atoms with Gasteiger partial charge in [0.15, 0.2) is 0 Å². The Bertz CT molecular complexity index is 918. The Hall–Kier alpha value is -2.76. The molecule has 0 radical (unpaired) electrons. The van der Waals surface area contributed by atoms with E-state index < -0.39 is 0 Å². The van der Waals surface area contributed by atoms with Crippen LogP contribution in [0.2, 0.25) is 0 Å². The third-order valence-electron chi connectivity index (χ3n) is 4.90. The number of aromatic nitrogens is 4. The van der Waals surface area contributed by atoms with Gasteiger partial charge in [-0.3, -0.25) is 14.8 Å². The normalized spacial score (nSPS) is 17.3. The summed E-state index contributed by atoms with van der Waals surface area (Å²) in [5.41, 5.74) is 2.75. The molecule has 6 nitrogen and oxygen atoms in total. The Morgan fingerprint density at radius 2 is 1.96 bits per heavy atom. The molecule has 134 valence electrons. The Morgan fingerprint density at radius 3 is 2.73 bits per heavy atom. The first kappa shape index (κ1) is 16.7. The maximum absolute atomic E-state index is 12.7. The summed E-state index contributed by atoms with van der Waals surface area (Å²) in [5.74, 6) is 1.92. The molecular formula is C20H23N5O. The van der Waals surface area contributed by atoms with E-state index in [1.54, 1.807) is 30.7 Å². The third kappa shape index (κ3) is 3.07. The van der Waals surface area contributed by atoms with Crippen LogP contribution in [0.3, 0.4) is 0 Å². The minimum atomic E-state index is 0.0723. The van der Waals surface area contributed by atoms with E-state index in [-0.39, 0.29) is 11.8 Å². The molecule has 1 aliphatic heterocycles. The lowest BCUT2D eigenvalue weighted by molar-refractivity contribution is 0.0790. The van der Waals surface area contributed by atoms with Crippen molar-refractivity contribution >= 4 is 16.9 Å². The van der Waals surface area contributed by atoms with Crippen LogP contribution in [0, 0.1) is 5.92 Å². The number of pyridine rings is 2. The highest BCUT2D eigenvalue weighted by Gasteiger charge is 2.31. The number of nitrogens with zero attached hydrogens (tertiary/aromatic N) is 5. The van der Waals surface area contributed by atoms with E-state index in [1.807, 2.05) is 17.2 Å². The van der Waals surface area contributed by atoms with Crippen LogP contribution in [-0.2, 0) is 6.54 Å². The van der Waals surface area contributed by atoms with E-state index in [2.05, 4.69) is 28.4 Å². The van der Waals surface area contributed by atoms with Crippen molar-refractivity contribution in [2.24, 2.45) is 5.92 Å². The molecular weight excluding hydrogens is 326 g/mol. The molecule has 0 unspecified atom stereocenters. The number of hydrogen-bond acceptors (Lipinski definition) is 4. The monoisotopic (exact) mass is 349 g/mol. The average molecular weight is 349 g/mol. The van der Waals surface area contributed by atoms with Crippen LogP contribution in [0.4, 0.5) is 0 Å². The molecule has 0 N–H and O–H groups in total. The highest BCUT2D eigenvalue weighted by molar-refractivity contribution is 5.94. The summed E-state index contributed by atoms with van der Waals surface area (Å²) in [4.78, 5) is 27.8. The van der Waals surface area contributed by atoms with Gasteiger partial charge in [-0.25, -0.2) is 4.98 Å². The first-order chi connectivity index (χ1) is 12.6. The molecule has 0 aliphatic carbocycles. The van der Waals surface area contributed by atoms with E-state index in [4.69, 9.17) is 4.98 Å². The second kappa shape index (κ2) is 6.86. The van der Waals surface area contributed by atoms with E-state index in [9.17, 15) is 4.79 Å². The topological polar surface area (TPSA) is 63.9 Å². The summed E-state index contributed by atoms with van der Waals surface area (Å²) >= 11 is 0. The van der Waals surface area contributed by atoms with Crippen LogP contribution in [0.15, 0.2) is 43.0 Å². The van der Waals surface area contributed by atoms with Gasteiger partial charge in [0.1, 0.15) is 5.82 Å². The number of likely N-dealkylation sites (tertiary alicyclic amines) is 1. The molecule has 0 bridgehead atoms. The summed E-state index contributed by atoms with van der Waals surface area (Å²) in [5, 5.41) is 0. The molecule has 3 aromatic heterocycles. The number of carbonyl (C=O) groups is 1. The zero-order chi connectivity index (χ0) is 18.1. The maximum atomic E-state index is 12.7. The predicted molar refractivity (Wildman–Crippen MR) is 99.9 cm³/mol.